The molecule has 118 valence electrons. The summed E-state index contributed by atoms with van der Waals surface area (Å²) in [4.78, 5) is 11.0. The molecule has 0 spiro atoms. The number of amides is 1. The van der Waals surface area contributed by atoms with Crippen LogP contribution in [0.1, 0.15) is 18.6 Å². The topological polar surface area (TPSA) is 96.2 Å². The van der Waals surface area contributed by atoms with Crippen LogP contribution in [0.25, 0.3) is 11.4 Å². The monoisotopic (exact) mass is 322 g/mol. The van der Waals surface area contributed by atoms with Gasteiger partial charge in [-0.2, -0.15) is 0 Å². The number of thioether (sulfide) groups is 1. The Morgan fingerprint density at radius 1 is 1.55 bits per heavy atom. The van der Waals surface area contributed by atoms with Gasteiger partial charge in [0.25, 0.3) is 0 Å². The second-order valence-corrected chi connectivity index (χ2v) is 6.14. The first-order valence-corrected chi connectivity index (χ1v) is 8.14. The fourth-order valence-corrected chi connectivity index (χ4v) is 3.19. The lowest BCUT2D eigenvalue weighted by Gasteiger charge is -2.14. The summed E-state index contributed by atoms with van der Waals surface area (Å²) >= 11 is 1.29. The highest BCUT2D eigenvalue weighted by Crippen LogP contribution is 2.28. The third-order valence-electron chi connectivity index (χ3n) is 3.57. The van der Waals surface area contributed by atoms with Gasteiger partial charge in [-0.25, -0.2) is 0 Å². The van der Waals surface area contributed by atoms with Gasteiger partial charge in [-0.15, -0.1) is 10.2 Å². The first-order valence-electron chi connectivity index (χ1n) is 7.15. The van der Waals surface area contributed by atoms with Crippen molar-refractivity contribution in [1.82, 2.24) is 14.8 Å². The Bertz CT molecular complexity index is 661. The quantitative estimate of drug-likeness (QED) is 0.812. The molecule has 0 unspecified atom stereocenters. The van der Waals surface area contributed by atoms with Gasteiger partial charge in [-0.05, 0) is 25.8 Å². The maximum atomic E-state index is 11.0. The Labute approximate surface area is 132 Å². The molecule has 0 aromatic carbocycles. The van der Waals surface area contributed by atoms with Crippen LogP contribution in [0.4, 0.5) is 0 Å². The average Bonchev–Trinajstić information content (AvgIpc) is 3.19. The predicted molar refractivity (Wildman–Crippen MR) is 81.4 cm³/mol. The summed E-state index contributed by atoms with van der Waals surface area (Å²) in [5.41, 5.74) is 6.12. The molecule has 3 heterocycles. The van der Waals surface area contributed by atoms with Gasteiger partial charge in [0.05, 0.1) is 30.2 Å². The molecule has 1 saturated heterocycles. The van der Waals surface area contributed by atoms with Crippen molar-refractivity contribution in [2.45, 2.75) is 37.6 Å². The number of furan rings is 1. The van der Waals surface area contributed by atoms with Crippen molar-refractivity contribution in [2.24, 2.45) is 5.73 Å². The Hall–Kier alpha value is -1.80. The van der Waals surface area contributed by atoms with E-state index >= 15 is 0 Å². The van der Waals surface area contributed by atoms with Gasteiger partial charge in [0, 0.05) is 6.61 Å². The average molecular weight is 322 g/mol. The van der Waals surface area contributed by atoms with Gasteiger partial charge in [-0.3, -0.25) is 9.36 Å². The highest BCUT2D eigenvalue weighted by molar-refractivity contribution is 7.99. The minimum Gasteiger partial charge on any atom is -0.469 e. The molecule has 1 fully saturated rings. The molecule has 8 heteroatoms. The lowest BCUT2D eigenvalue weighted by atomic mass is 10.2. The number of primary amides is 1. The van der Waals surface area contributed by atoms with E-state index in [9.17, 15) is 4.79 Å². The molecule has 7 nitrogen and oxygen atoms in total. The molecule has 2 N–H and O–H groups in total. The maximum absolute atomic E-state index is 11.0. The van der Waals surface area contributed by atoms with E-state index in [4.69, 9.17) is 14.9 Å². The molecule has 22 heavy (non-hydrogen) atoms. The van der Waals surface area contributed by atoms with Crippen LogP contribution in [0.3, 0.4) is 0 Å². The summed E-state index contributed by atoms with van der Waals surface area (Å²) in [7, 11) is 0. The minimum absolute atomic E-state index is 0.148. The first kappa shape index (κ1) is 15.1. The minimum atomic E-state index is -0.377. The number of aryl methyl sites for hydroxylation is 1. The van der Waals surface area contributed by atoms with Gasteiger partial charge in [-0.1, -0.05) is 11.8 Å². The highest BCUT2D eigenvalue weighted by Gasteiger charge is 2.23. The van der Waals surface area contributed by atoms with Gasteiger partial charge in [0.15, 0.2) is 11.0 Å². The van der Waals surface area contributed by atoms with Crippen LogP contribution >= 0.6 is 11.8 Å². The number of hydrogen-bond acceptors (Lipinski definition) is 6. The number of hydrogen-bond donors (Lipinski definition) is 1. The van der Waals surface area contributed by atoms with E-state index in [1.165, 1.54) is 11.8 Å². The van der Waals surface area contributed by atoms with Crippen LogP contribution < -0.4 is 5.73 Å². The SMILES string of the molecule is Cc1occc1-c1nnc(SCC(N)=O)n1C[C@@H]1CCCO1. The molecule has 1 atom stereocenters. The number of aromatic nitrogens is 3. The normalized spacial score (nSPS) is 18.0. The summed E-state index contributed by atoms with van der Waals surface area (Å²) in [5.74, 6) is 1.31. The fraction of sp³-hybridized carbons (Fsp3) is 0.500. The summed E-state index contributed by atoms with van der Waals surface area (Å²) in [6.45, 7) is 3.33. The van der Waals surface area contributed by atoms with Crippen LogP contribution in [0.15, 0.2) is 21.9 Å². The Morgan fingerprint density at radius 2 is 2.41 bits per heavy atom. The van der Waals surface area contributed by atoms with Crippen molar-refractivity contribution in [2.75, 3.05) is 12.4 Å². The predicted octanol–water partition coefficient (Wildman–Crippen LogP) is 1.60. The van der Waals surface area contributed by atoms with Crippen molar-refractivity contribution < 1.29 is 13.9 Å². The summed E-state index contributed by atoms with van der Waals surface area (Å²) < 4.78 is 13.1. The molecule has 0 radical (unpaired) electrons. The first-order chi connectivity index (χ1) is 10.6. The van der Waals surface area contributed by atoms with E-state index in [0.717, 1.165) is 36.6 Å². The third kappa shape index (κ3) is 3.17. The fourth-order valence-electron chi connectivity index (χ4n) is 2.50. The molecule has 0 aliphatic carbocycles. The molecule has 0 bridgehead atoms. The molecule has 1 amide bonds. The molecule has 1 aliphatic rings. The second-order valence-electron chi connectivity index (χ2n) is 5.20. The van der Waals surface area contributed by atoms with E-state index in [2.05, 4.69) is 10.2 Å². The van der Waals surface area contributed by atoms with Crippen LogP contribution in [-0.4, -0.2) is 39.1 Å². The standard InChI is InChI=1S/C14H18N4O3S/c1-9-11(4-6-20-9)13-16-17-14(22-8-12(15)19)18(13)7-10-3-2-5-21-10/h4,6,10H,2-3,5,7-8H2,1H3,(H2,15,19)/t10-/m0/s1. The number of nitrogens with two attached hydrogens (primary N) is 1. The van der Waals surface area contributed by atoms with Crippen molar-refractivity contribution in [3.63, 3.8) is 0 Å². The Kier molecular flexibility index (Phi) is 4.49. The molecule has 2 aromatic rings. The van der Waals surface area contributed by atoms with E-state index in [-0.39, 0.29) is 17.8 Å². The lowest BCUT2D eigenvalue weighted by Crippen LogP contribution is -2.18. The second kappa shape index (κ2) is 6.53. The van der Waals surface area contributed by atoms with E-state index in [1.54, 1.807) is 6.26 Å². The number of carbonyl (C=O) groups is 1. The molecule has 2 aromatic heterocycles. The van der Waals surface area contributed by atoms with Crippen molar-refractivity contribution >= 4 is 17.7 Å². The molecular formula is C14H18N4O3S. The molecule has 3 rings (SSSR count). The number of rotatable bonds is 6. The summed E-state index contributed by atoms with van der Waals surface area (Å²) in [5, 5.41) is 9.13. The van der Waals surface area contributed by atoms with Crippen LogP contribution in [-0.2, 0) is 16.1 Å². The summed E-state index contributed by atoms with van der Waals surface area (Å²) in [6, 6.07) is 1.87. The van der Waals surface area contributed by atoms with Gasteiger partial charge < -0.3 is 14.9 Å². The highest BCUT2D eigenvalue weighted by atomic mass is 32.2. The van der Waals surface area contributed by atoms with Crippen molar-refractivity contribution in [1.29, 1.82) is 0 Å². The van der Waals surface area contributed by atoms with Crippen LogP contribution in [0, 0.1) is 6.92 Å². The molecule has 0 saturated carbocycles. The number of carbonyl (C=O) groups excluding carboxylic acids is 1. The van der Waals surface area contributed by atoms with E-state index < -0.39 is 0 Å². The van der Waals surface area contributed by atoms with E-state index in [1.807, 2.05) is 17.6 Å². The molecule has 1 aliphatic heterocycles. The zero-order valence-corrected chi connectivity index (χ0v) is 13.1. The largest absolute Gasteiger partial charge is 0.469 e. The van der Waals surface area contributed by atoms with Gasteiger partial charge >= 0.3 is 0 Å². The zero-order chi connectivity index (χ0) is 15.5. The summed E-state index contributed by atoms with van der Waals surface area (Å²) in [6.07, 6.45) is 3.86. The Morgan fingerprint density at radius 3 is 3.05 bits per heavy atom. The maximum Gasteiger partial charge on any atom is 0.227 e. The van der Waals surface area contributed by atoms with Crippen LogP contribution in [0.2, 0.25) is 0 Å². The van der Waals surface area contributed by atoms with Crippen molar-refractivity contribution in [3.8, 4) is 11.4 Å². The van der Waals surface area contributed by atoms with Crippen LogP contribution in [0.5, 0.6) is 0 Å². The van der Waals surface area contributed by atoms with E-state index in [0.29, 0.717) is 11.7 Å². The smallest absolute Gasteiger partial charge is 0.227 e. The lowest BCUT2D eigenvalue weighted by molar-refractivity contribution is -0.115. The Balaban J connectivity index is 1.91. The number of nitrogens with zero attached hydrogens (tertiary/aromatic N) is 3. The third-order valence-corrected chi connectivity index (χ3v) is 4.56. The van der Waals surface area contributed by atoms with Crippen molar-refractivity contribution in [3.05, 3.63) is 18.1 Å². The van der Waals surface area contributed by atoms with Gasteiger partial charge in [0.1, 0.15) is 5.76 Å². The number of ether oxygens (including phenoxy) is 1. The van der Waals surface area contributed by atoms with Gasteiger partial charge in [0.2, 0.25) is 5.91 Å². The molecular weight excluding hydrogens is 304 g/mol. The zero-order valence-electron chi connectivity index (χ0n) is 12.3.